The highest BCUT2D eigenvalue weighted by Crippen LogP contribution is 2.57. The van der Waals surface area contributed by atoms with Gasteiger partial charge in [-0.15, -0.1) is 0 Å². The van der Waals surface area contributed by atoms with E-state index < -0.39 is 0 Å². The Kier molecular flexibility index (Phi) is 4.17. The zero-order valence-electron chi connectivity index (χ0n) is 14.3. The van der Waals surface area contributed by atoms with Crippen LogP contribution in [0.2, 0.25) is 0 Å². The Morgan fingerprint density at radius 3 is 2.67 bits per heavy atom. The summed E-state index contributed by atoms with van der Waals surface area (Å²) in [4.78, 5) is 0. The van der Waals surface area contributed by atoms with Gasteiger partial charge in [-0.3, -0.25) is 0 Å². The number of hydrogen-bond donors (Lipinski definition) is 0. The lowest BCUT2D eigenvalue weighted by Gasteiger charge is -2.41. The first-order chi connectivity index (χ1) is 10.0. The zero-order chi connectivity index (χ0) is 15.0. The van der Waals surface area contributed by atoms with Crippen molar-refractivity contribution in [3.63, 3.8) is 0 Å². The molecule has 21 heavy (non-hydrogen) atoms. The van der Waals surface area contributed by atoms with Crippen LogP contribution in [0.5, 0.6) is 0 Å². The molecule has 0 aromatic heterocycles. The average Bonchev–Trinajstić information content (AvgIpc) is 2.76. The molecule has 0 N–H and O–H groups in total. The highest BCUT2D eigenvalue weighted by molar-refractivity contribution is 5.27. The quantitative estimate of drug-likeness (QED) is 0.485. The van der Waals surface area contributed by atoms with Crippen LogP contribution in [0.1, 0.15) is 72.1 Å². The van der Waals surface area contributed by atoms with Crippen LogP contribution in [0.15, 0.2) is 35.5 Å². The topological polar surface area (TPSA) is 0 Å². The first-order valence-electron chi connectivity index (χ1n) is 9.07. The number of fused-ring (bicyclic) bond motifs is 1. The zero-order valence-corrected chi connectivity index (χ0v) is 14.3. The fourth-order valence-electron chi connectivity index (χ4n) is 5.08. The van der Waals surface area contributed by atoms with Gasteiger partial charge < -0.3 is 0 Å². The van der Waals surface area contributed by atoms with E-state index in [1.807, 2.05) is 0 Å². The molecule has 0 aromatic carbocycles. The van der Waals surface area contributed by atoms with Crippen molar-refractivity contribution >= 4 is 0 Å². The van der Waals surface area contributed by atoms with Crippen molar-refractivity contribution in [2.75, 3.05) is 0 Å². The molecular formula is C21H32. The Morgan fingerprint density at radius 1 is 1.10 bits per heavy atom. The second-order valence-corrected chi connectivity index (χ2v) is 8.22. The third kappa shape index (κ3) is 2.79. The van der Waals surface area contributed by atoms with Gasteiger partial charge in [0.15, 0.2) is 0 Å². The van der Waals surface area contributed by atoms with Crippen LogP contribution in [-0.4, -0.2) is 0 Å². The predicted octanol–water partition coefficient (Wildman–Crippen LogP) is 6.45. The molecule has 0 saturated heterocycles. The summed E-state index contributed by atoms with van der Waals surface area (Å²) in [6, 6.07) is 0. The van der Waals surface area contributed by atoms with Crippen molar-refractivity contribution in [3.05, 3.63) is 35.5 Å². The van der Waals surface area contributed by atoms with Crippen LogP contribution in [0, 0.1) is 23.2 Å². The van der Waals surface area contributed by atoms with Crippen LogP contribution in [0.4, 0.5) is 0 Å². The molecule has 0 heterocycles. The molecule has 4 atom stereocenters. The molecular weight excluding hydrogens is 252 g/mol. The SMILES string of the molecule is C=C1CC/C(=C\C=C2/CCCC3(C)C(C)CC[C@@H]23)C[C@H]1C. The van der Waals surface area contributed by atoms with E-state index in [1.54, 1.807) is 11.1 Å². The van der Waals surface area contributed by atoms with E-state index in [2.05, 4.69) is 39.5 Å². The Balaban J connectivity index is 1.76. The fraction of sp³-hybridized carbons (Fsp3) is 0.714. The van der Waals surface area contributed by atoms with Gasteiger partial charge in [-0.05, 0) is 74.5 Å². The molecule has 0 spiro atoms. The summed E-state index contributed by atoms with van der Waals surface area (Å²) in [5.41, 5.74) is 5.46. The van der Waals surface area contributed by atoms with Crippen molar-refractivity contribution in [1.29, 1.82) is 0 Å². The lowest BCUT2D eigenvalue weighted by atomic mass is 9.64. The van der Waals surface area contributed by atoms with Crippen molar-refractivity contribution in [2.45, 2.75) is 72.1 Å². The molecule has 0 heteroatoms. The number of allylic oxidation sites excluding steroid dienone is 5. The van der Waals surface area contributed by atoms with E-state index >= 15 is 0 Å². The highest BCUT2D eigenvalue weighted by atomic mass is 14.5. The lowest BCUT2D eigenvalue weighted by molar-refractivity contribution is 0.147. The van der Waals surface area contributed by atoms with Crippen molar-refractivity contribution < 1.29 is 0 Å². The van der Waals surface area contributed by atoms with Gasteiger partial charge in [0.05, 0.1) is 0 Å². The fourth-order valence-corrected chi connectivity index (χ4v) is 5.08. The normalized spacial score (nSPS) is 44.3. The first kappa shape index (κ1) is 15.1. The molecule has 0 aromatic rings. The van der Waals surface area contributed by atoms with Crippen LogP contribution >= 0.6 is 0 Å². The minimum absolute atomic E-state index is 0.594. The van der Waals surface area contributed by atoms with E-state index in [4.69, 9.17) is 0 Å². The Morgan fingerprint density at radius 2 is 1.90 bits per heavy atom. The van der Waals surface area contributed by atoms with Crippen molar-refractivity contribution in [2.24, 2.45) is 23.2 Å². The van der Waals surface area contributed by atoms with Gasteiger partial charge in [-0.25, -0.2) is 0 Å². The first-order valence-corrected chi connectivity index (χ1v) is 9.07. The molecule has 3 aliphatic rings. The van der Waals surface area contributed by atoms with Gasteiger partial charge in [0.25, 0.3) is 0 Å². The van der Waals surface area contributed by atoms with Crippen LogP contribution < -0.4 is 0 Å². The summed E-state index contributed by atoms with van der Waals surface area (Å²) in [6.07, 6.45) is 15.7. The van der Waals surface area contributed by atoms with Gasteiger partial charge in [0.1, 0.15) is 0 Å². The molecule has 0 radical (unpaired) electrons. The second-order valence-electron chi connectivity index (χ2n) is 8.22. The molecule has 116 valence electrons. The molecule has 3 aliphatic carbocycles. The van der Waals surface area contributed by atoms with E-state index in [0.717, 1.165) is 11.8 Å². The Bertz CT molecular complexity index is 478. The third-order valence-corrected chi connectivity index (χ3v) is 7.00. The van der Waals surface area contributed by atoms with E-state index in [1.165, 1.54) is 56.9 Å². The van der Waals surface area contributed by atoms with Gasteiger partial charge >= 0.3 is 0 Å². The lowest BCUT2D eigenvalue weighted by Crippen LogP contribution is -2.31. The van der Waals surface area contributed by atoms with Gasteiger partial charge in [0.2, 0.25) is 0 Å². The van der Waals surface area contributed by atoms with Crippen LogP contribution in [0.3, 0.4) is 0 Å². The van der Waals surface area contributed by atoms with E-state index in [-0.39, 0.29) is 0 Å². The van der Waals surface area contributed by atoms with E-state index in [9.17, 15) is 0 Å². The van der Waals surface area contributed by atoms with Gasteiger partial charge in [-0.1, -0.05) is 56.2 Å². The Labute approximate surface area is 131 Å². The summed E-state index contributed by atoms with van der Waals surface area (Å²) >= 11 is 0. The molecule has 3 saturated carbocycles. The minimum Gasteiger partial charge on any atom is -0.0996 e. The van der Waals surface area contributed by atoms with Crippen molar-refractivity contribution in [3.8, 4) is 0 Å². The number of hydrogen-bond acceptors (Lipinski definition) is 0. The molecule has 0 aliphatic heterocycles. The smallest absolute Gasteiger partial charge is 0.0143 e. The molecule has 3 fully saturated rings. The molecule has 0 nitrogen and oxygen atoms in total. The predicted molar refractivity (Wildman–Crippen MR) is 92.2 cm³/mol. The molecule has 2 unspecified atom stereocenters. The monoisotopic (exact) mass is 284 g/mol. The molecule has 0 amide bonds. The third-order valence-electron chi connectivity index (χ3n) is 7.00. The van der Waals surface area contributed by atoms with Crippen LogP contribution in [0.25, 0.3) is 0 Å². The molecule has 0 bridgehead atoms. The summed E-state index contributed by atoms with van der Waals surface area (Å²) in [7, 11) is 0. The van der Waals surface area contributed by atoms with Crippen LogP contribution in [-0.2, 0) is 0 Å². The summed E-state index contributed by atoms with van der Waals surface area (Å²) in [5.74, 6) is 2.47. The number of rotatable bonds is 1. The average molecular weight is 284 g/mol. The largest absolute Gasteiger partial charge is 0.0996 e. The van der Waals surface area contributed by atoms with Gasteiger partial charge in [-0.2, -0.15) is 0 Å². The minimum atomic E-state index is 0.594. The maximum absolute atomic E-state index is 4.20. The maximum Gasteiger partial charge on any atom is -0.0143 e. The molecule has 3 rings (SSSR count). The summed E-state index contributed by atoms with van der Waals surface area (Å²) < 4.78 is 0. The highest BCUT2D eigenvalue weighted by Gasteiger charge is 2.46. The standard InChI is InChI=1S/C21H32/c1-15-7-9-18(14-16(15)2)10-11-19-6-5-13-21(4)17(3)8-12-20(19)21/h10-11,16-17,20H,1,5-9,12-14H2,2-4H3/b18-10+,19-11+/t16-,17?,20+,21?/m1/s1. The maximum atomic E-state index is 4.20. The van der Waals surface area contributed by atoms with Crippen molar-refractivity contribution in [1.82, 2.24) is 0 Å². The summed E-state index contributed by atoms with van der Waals surface area (Å²) in [5, 5.41) is 0. The Hall–Kier alpha value is -0.780. The summed E-state index contributed by atoms with van der Waals surface area (Å²) in [6.45, 7) is 11.6. The second kappa shape index (κ2) is 5.78. The van der Waals surface area contributed by atoms with E-state index in [0.29, 0.717) is 11.3 Å². The van der Waals surface area contributed by atoms with Gasteiger partial charge in [0, 0.05) is 0 Å².